The molecule has 0 saturated heterocycles. The number of benzene rings is 4. The van der Waals surface area contributed by atoms with Gasteiger partial charge in [-0.15, -0.1) is 0 Å². The Bertz CT molecular complexity index is 1310. The number of Topliss-reactive ketones (excluding diaryl/α,β-unsaturated/α-hetero) is 1. The van der Waals surface area contributed by atoms with Crippen molar-refractivity contribution in [3.05, 3.63) is 118 Å². The lowest BCUT2D eigenvalue weighted by atomic mass is 9.77. The maximum absolute atomic E-state index is 12.7. The molecule has 6 rings (SSSR count). The van der Waals surface area contributed by atoms with Gasteiger partial charge in [0.15, 0.2) is 5.78 Å². The molecule has 2 aliphatic carbocycles. The minimum Gasteiger partial charge on any atom is -0.294 e. The highest BCUT2D eigenvalue weighted by molar-refractivity contribution is 6.34. The molecule has 0 spiro atoms. The highest BCUT2D eigenvalue weighted by atomic mass is 35.5. The van der Waals surface area contributed by atoms with Gasteiger partial charge in [-0.05, 0) is 57.5 Å². The van der Waals surface area contributed by atoms with Gasteiger partial charge < -0.3 is 0 Å². The van der Waals surface area contributed by atoms with Crippen molar-refractivity contribution < 1.29 is 4.79 Å². The molecule has 4 aromatic rings. The summed E-state index contributed by atoms with van der Waals surface area (Å²) in [4.78, 5) is 12.7. The number of carbonyl (C=O) groups excluding carboxylic acids is 1. The summed E-state index contributed by atoms with van der Waals surface area (Å²) >= 11 is 6.60. The largest absolute Gasteiger partial charge is 0.294 e. The number of hydrogen-bond donors (Lipinski definition) is 0. The first kappa shape index (κ1) is 17.7. The molecular weight excluding hydrogens is 388 g/mol. The zero-order valence-corrected chi connectivity index (χ0v) is 17.3. The van der Waals surface area contributed by atoms with E-state index in [2.05, 4.69) is 78.9 Å². The maximum atomic E-state index is 12.7. The second kappa shape index (κ2) is 6.42. The van der Waals surface area contributed by atoms with E-state index in [4.69, 9.17) is 11.6 Å². The zero-order chi connectivity index (χ0) is 20.4. The molecule has 30 heavy (non-hydrogen) atoms. The van der Waals surface area contributed by atoms with Crippen LogP contribution in [0.4, 0.5) is 0 Å². The van der Waals surface area contributed by atoms with Crippen LogP contribution in [0.2, 0.25) is 5.02 Å². The first-order chi connectivity index (χ1) is 14.7. The fourth-order valence-corrected chi connectivity index (χ4v) is 5.88. The molecule has 2 heteroatoms. The first-order valence-corrected chi connectivity index (χ1v) is 10.7. The van der Waals surface area contributed by atoms with E-state index < -0.39 is 0 Å². The summed E-state index contributed by atoms with van der Waals surface area (Å²) in [5.74, 6) is 0.226. The molecular formula is C28H19ClO. The van der Waals surface area contributed by atoms with Crippen LogP contribution in [0.25, 0.3) is 22.3 Å². The van der Waals surface area contributed by atoms with Gasteiger partial charge in [0.05, 0.1) is 5.02 Å². The number of ketones is 1. The molecule has 0 saturated carbocycles. The van der Waals surface area contributed by atoms with Gasteiger partial charge in [0.25, 0.3) is 0 Å². The molecule has 1 nitrogen and oxygen atoms in total. The van der Waals surface area contributed by atoms with Crippen LogP contribution in [-0.2, 0) is 0 Å². The van der Waals surface area contributed by atoms with Gasteiger partial charge in [0.2, 0.25) is 0 Å². The Hall–Kier alpha value is -3.16. The van der Waals surface area contributed by atoms with Gasteiger partial charge in [0.1, 0.15) is 0 Å². The van der Waals surface area contributed by atoms with Crippen LogP contribution in [0.15, 0.2) is 84.9 Å². The third kappa shape index (κ3) is 2.27. The maximum Gasteiger partial charge on any atom is 0.161 e. The Labute approximate surface area is 181 Å². The summed E-state index contributed by atoms with van der Waals surface area (Å²) in [6.07, 6.45) is 0. The summed E-state index contributed by atoms with van der Waals surface area (Å²) in [5, 5.41) is 0.540. The number of fused-ring (bicyclic) bond motifs is 6. The summed E-state index contributed by atoms with van der Waals surface area (Å²) in [7, 11) is 0. The van der Waals surface area contributed by atoms with E-state index in [1.54, 1.807) is 6.92 Å². The van der Waals surface area contributed by atoms with Crippen LogP contribution in [0, 0.1) is 0 Å². The van der Waals surface area contributed by atoms with E-state index in [1.807, 2.05) is 6.07 Å². The topological polar surface area (TPSA) is 17.1 Å². The van der Waals surface area contributed by atoms with Gasteiger partial charge in [-0.2, -0.15) is 0 Å². The van der Waals surface area contributed by atoms with Crippen molar-refractivity contribution in [1.29, 1.82) is 0 Å². The lowest BCUT2D eigenvalue weighted by molar-refractivity contribution is 0.101. The minimum absolute atomic E-state index is 0.0224. The third-order valence-corrected chi connectivity index (χ3v) is 6.97. The fraction of sp³-hybridized carbons (Fsp3) is 0.107. The number of carbonyl (C=O) groups is 1. The molecule has 4 aromatic carbocycles. The zero-order valence-electron chi connectivity index (χ0n) is 16.5. The van der Waals surface area contributed by atoms with Gasteiger partial charge in [-0.1, -0.05) is 90.5 Å². The number of halogens is 1. The van der Waals surface area contributed by atoms with E-state index in [0.717, 1.165) is 11.1 Å². The molecule has 2 aliphatic rings. The van der Waals surface area contributed by atoms with Crippen LogP contribution in [0.3, 0.4) is 0 Å². The lowest BCUT2D eigenvalue weighted by Gasteiger charge is -2.25. The first-order valence-electron chi connectivity index (χ1n) is 10.3. The number of hydrogen-bond acceptors (Lipinski definition) is 1. The van der Waals surface area contributed by atoms with Gasteiger partial charge in [-0.3, -0.25) is 4.79 Å². The second-order valence-corrected chi connectivity index (χ2v) is 8.56. The van der Waals surface area contributed by atoms with E-state index in [9.17, 15) is 4.79 Å². The van der Waals surface area contributed by atoms with Crippen molar-refractivity contribution in [3.8, 4) is 22.3 Å². The Morgan fingerprint density at radius 3 is 1.63 bits per heavy atom. The van der Waals surface area contributed by atoms with Crippen molar-refractivity contribution in [1.82, 2.24) is 0 Å². The quantitative estimate of drug-likeness (QED) is 0.315. The minimum atomic E-state index is 0.0224. The van der Waals surface area contributed by atoms with Gasteiger partial charge in [-0.25, -0.2) is 0 Å². The molecule has 0 fully saturated rings. The van der Waals surface area contributed by atoms with Crippen molar-refractivity contribution in [2.75, 3.05) is 0 Å². The predicted octanol–water partition coefficient (Wildman–Crippen LogP) is 7.47. The SMILES string of the molecule is CC(=O)c1c(Cl)ccc2c1C(C1c3ccccc3-c3ccccc31)c1ccccc1-2. The van der Waals surface area contributed by atoms with Crippen LogP contribution in [0.1, 0.15) is 51.4 Å². The van der Waals surface area contributed by atoms with E-state index >= 15 is 0 Å². The Morgan fingerprint density at radius 1 is 0.633 bits per heavy atom. The van der Waals surface area contributed by atoms with E-state index in [1.165, 1.54) is 33.4 Å². The highest BCUT2D eigenvalue weighted by Crippen LogP contribution is 2.59. The van der Waals surface area contributed by atoms with Crippen molar-refractivity contribution in [3.63, 3.8) is 0 Å². The third-order valence-electron chi connectivity index (χ3n) is 6.66. The molecule has 1 atom stereocenters. The standard InChI is InChI=1S/C28H19ClO/c1-16(30)25-24(29)15-14-23-19-10-4-7-13-22(19)28(27(23)25)26-20-11-5-2-8-17(20)18-9-3-6-12-21(18)26/h2-15,26,28H,1H3. The van der Waals surface area contributed by atoms with Crippen LogP contribution in [-0.4, -0.2) is 5.78 Å². The molecule has 144 valence electrons. The Balaban J connectivity index is 1.71. The molecule has 0 bridgehead atoms. The van der Waals surface area contributed by atoms with Crippen molar-refractivity contribution >= 4 is 17.4 Å². The summed E-state index contributed by atoms with van der Waals surface area (Å²) in [5.41, 5.74) is 10.6. The molecule has 0 radical (unpaired) electrons. The van der Waals surface area contributed by atoms with Crippen molar-refractivity contribution in [2.24, 2.45) is 0 Å². The average molecular weight is 407 g/mol. The van der Waals surface area contributed by atoms with Gasteiger partial charge >= 0.3 is 0 Å². The number of rotatable bonds is 2. The lowest BCUT2D eigenvalue weighted by Crippen LogP contribution is -2.13. The van der Waals surface area contributed by atoms with Crippen LogP contribution < -0.4 is 0 Å². The Kier molecular flexibility index (Phi) is 3.78. The molecule has 0 N–H and O–H groups in total. The van der Waals surface area contributed by atoms with Crippen LogP contribution in [0.5, 0.6) is 0 Å². The summed E-state index contributed by atoms with van der Waals surface area (Å²) < 4.78 is 0. The highest BCUT2D eigenvalue weighted by Gasteiger charge is 2.42. The Morgan fingerprint density at radius 2 is 1.10 bits per heavy atom. The molecule has 0 amide bonds. The fourth-order valence-electron chi connectivity index (χ4n) is 5.58. The molecule has 0 aliphatic heterocycles. The van der Waals surface area contributed by atoms with E-state index in [-0.39, 0.29) is 17.6 Å². The molecule has 1 unspecified atom stereocenters. The van der Waals surface area contributed by atoms with E-state index in [0.29, 0.717) is 10.6 Å². The normalized spacial score (nSPS) is 16.0. The van der Waals surface area contributed by atoms with Crippen molar-refractivity contribution in [2.45, 2.75) is 18.8 Å². The predicted molar refractivity (Wildman–Crippen MR) is 122 cm³/mol. The summed E-state index contributed by atoms with van der Waals surface area (Å²) in [6, 6.07) is 29.8. The average Bonchev–Trinajstić information content (AvgIpc) is 3.26. The smallest absolute Gasteiger partial charge is 0.161 e. The monoisotopic (exact) mass is 406 g/mol. The van der Waals surface area contributed by atoms with Crippen LogP contribution >= 0.6 is 11.6 Å². The summed E-state index contributed by atoms with van der Waals surface area (Å²) in [6.45, 7) is 1.62. The second-order valence-electron chi connectivity index (χ2n) is 8.16. The molecule has 0 aromatic heterocycles. The van der Waals surface area contributed by atoms with Gasteiger partial charge in [0, 0.05) is 17.4 Å². The molecule has 0 heterocycles.